The number of sulfonamides is 1. The molecule has 0 amide bonds. The Bertz CT molecular complexity index is 2190. The second-order valence-electron chi connectivity index (χ2n) is 14.5. The summed E-state index contributed by atoms with van der Waals surface area (Å²) >= 11 is 0. The van der Waals surface area contributed by atoms with Crippen molar-refractivity contribution in [2.24, 2.45) is 5.92 Å². The van der Waals surface area contributed by atoms with Crippen molar-refractivity contribution in [3.63, 3.8) is 0 Å². The molecule has 1 aliphatic carbocycles. The van der Waals surface area contributed by atoms with Crippen molar-refractivity contribution in [3.8, 4) is 0 Å². The van der Waals surface area contributed by atoms with Crippen LogP contribution in [-0.2, 0) is 30.9 Å². The number of rotatable bonds is 11. The van der Waals surface area contributed by atoms with Crippen LogP contribution >= 0.6 is 0 Å². The third kappa shape index (κ3) is 5.86. The second-order valence-corrected chi connectivity index (χ2v) is 23.6. The van der Waals surface area contributed by atoms with Crippen LogP contribution in [0.3, 0.4) is 0 Å². The molecular weight excluding hydrogens is 691 g/mol. The Labute approximate surface area is 296 Å². The van der Waals surface area contributed by atoms with Crippen LogP contribution in [0.2, 0.25) is 16.6 Å². The fraction of sp³-hybridized carbons (Fsp3) is 0.405. The SMILES string of the molecule is Cc1ccc(S(=O)(=O)n2cc3c4c(cccc42)C2=C[C@H](CO[Si](C(C)C)(C(C)C)C(C)C)CN(S(=O)(=O)c4ccccc4[N+](=O)[O-])[C@@H]2C3)cc1. The molecule has 6 rings (SSSR count). The van der Waals surface area contributed by atoms with Crippen molar-refractivity contribution in [1.29, 1.82) is 0 Å². The van der Waals surface area contributed by atoms with E-state index in [-0.39, 0.29) is 28.7 Å². The molecule has 13 heteroatoms. The summed E-state index contributed by atoms with van der Waals surface area (Å²) in [5.74, 6) is -0.350. The van der Waals surface area contributed by atoms with E-state index in [1.54, 1.807) is 42.6 Å². The van der Waals surface area contributed by atoms with Gasteiger partial charge in [-0.25, -0.2) is 20.8 Å². The van der Waals surface area contributed by atoms with Crippen LogP contribution in [-0.4, -0.2) is 57.5 Å². The van der Waals surface area contributed by atoms with E-state index < -0.39 is 45.0 Å². The molecule has 0 saturated carbocycles. The molecular formula is C37H45N3O7S2Si. The Morgan fingerprint density at radius 3 is 2.14 bits per heavy atom. The summed E-state index contributed by atoms with van der Waals surface area (Å²) < 4.78 is 66.9. The molecule has 2 aliphatic rings. The molecule has 0 unspecified atom stereocenters. The van der Waals surface area contributed by atoms with Gasteiger partial charge < -0.3 is 4.43 Å². The summed E-state index contributed by atoms with van der Waals surface area (Å²) in [5.41, 5.74) is 4.11. The number of para-hydroxylation sites is 1. The Balaban J connectivity index is 1.52. The molecule has 50 heavy (non-hydrogen) atoms. The molecule has 0 fully saturated rings. The van der Waals surface area contributed by atoms with E-state index in [1.165, 1.54) is 32.5 Å². The lowest BCUT2D eigenvalue weighted by molar-refractivity contribution is -0.387. The summed E-state index contributed by atoms with van der Waals surface area (Å²) in [4.78, 5) is 11.2. The molecule has 266 valence electrons. The normalized spacial score (nSPS) is 18.6. The predicted molar refractivity (Wildman–Crippen MR) is 199 cm³/mol. The first-order valence-electron chi connectivity index (χ1n) is 17.1. The number of aryl methyl sites for hydroxylation is 1. The second kappa shape index (κ2) is 13.2. The molecule has 1 aromatic heterocycles. The van der Waals surface area contributed by atoms with Crippen molar-refractivity contribution in [1.82, 2.24) is 8.28 Å². The van der Waals surface area contributed by atoms with Gasteiger partial charge in [-0.1, -0.05) is 89.6 Å². The molecule has 2 atom stereocenters. The molecule has 2 heterocycles. The van der Waals surface area contributed by atoms with Crippen molar-refractivity contribution in [3.05, 3.63) is 106 Å². The molecule has 0 radical (unpaired) electrons. The molecule has 1 aliphatic heterocycles. The first-order valence-corrected chi connectivity index (χ1v) is 22.1. The number of fused-ring (bicyclic) bond motifs is 2. The largest absolute Gasteiger partial charge is 0.415 e. The highest BCUT2D eigenvalue weighted by Gasteiger charge is 2.48. The van der Waals surface area contributed by atoms with E-state index in [1.807, 2.05) is 13.0 Å². The first-order chi connectivity index (χ1) is 23.5. The van der Waals surface area contributed by atoms with Gasteiger partial charge >= 0.3 is 0 Å². The standard InChI is InChI=1S/C37H45N3O7S2Si/c1-24(2)50(25(3)4,26(5)6)47-23-28-19-32-31-11-10-13-34-37(31)29(22-39(34)48(43,44)30-17-15-27(7)16-18-30)20-35(32)38(21-28)49(45,46)36-14-9-8-12-33(36)40(41)42/h8-19,22,24-26,28,35H,20-21,23H2,1-7H3/t28-,35+/m0/s1. The van der Waals surface area contributed by atoms with Crippen LogP contribution < -0.4 is 0 Å². The van der Waals surface area contributed by atoms with E-state index in [4.69, 9.17) is 4.43 Å². The zero-order chi connectivity index (χ0) is 36.3. The monoisotopic (exact) mass is 735 g/mol. The summed E-state index contributed by atoms with van der Waals surface area (Å²) in [7, 11) is -10.7. The minimum absolute atomic E-state index is 0.0645. The van der Waals surface area contributed by atoms with Gasteiger partial charge in [0.2, 0.25) is 0 Å². The average Bonchev–Trinajstić information content (AvgIpc) is 3.45. The number of nitro groups is 1. The molecule has 3 aromatic carbocycles. The number of nitro benzene ring substituents is 1. The van der Waals surface area contributed by atoms with Gasteiger partial charge in [-0.3, -0.25) is 10.1 Å². The van der Waals surface area contributed by atoms with Crippen LogP contribution in [0.15, 0.2) is 88.8 Å². The van der Waals surface area contributed by atoms with Crippen molar-refractivity contribution in [2.75, 3.05) is 13.2 Å². The van der Waals surface area contributed by atoms with E-state index in [0.717, 1.165) is 22.1 Å². The summed E-state index contributed by atoms with van der Waals surface area (Å²) in [5, 5.41) is 12.8. The lowest BCUT2D eigenvalue weighted by atomic mass is 9.81. The molecule has 4 aromatic rings. The molecule has 0 saturated heterocycles. The fourth-order valence-corrected chi connectivity index (χ4v) is 17.2. The number of nitrogens with zero attached hydrogens (tertiary/aromatic N) is 3. The average molecular weight is 736 g/mol. The van der Waals surface area contributed by atoms with E-state index in [0.29, 0.717) is 34.3 Å². The van der Waals surface area contributed by atoms with Gasteiger partial charge in [-0.2, -0.15) is 4.31 Å². The predicted octanol–water partition coefficient (Wildman–Crippen LogP) is 7.92. The Morgan fingerprint density at radius 1 is 0.880 bits per heavy atom. The highest BCUT2D eigenvalue weighted by molar-refractivity contribution is 7.90. The third-order valence-corrected chi connectivity index (χ3v) is 20.3. The summed E-state index contributed by atoms with van der Waals surface area (Å²) in [6.07, 6.45) is 3.89. The lowest BCUT2D eigenvalue weighted by Crippen LogP contribution is -2.52. The topological polar surface area (TPSA) is 129 Å². The van der Waals surface area contributed by atoms with E-state index in [2.05, 4.69) is 47.6 Å². The fourth-order valence-electron chi connectivity index (χ4n) is 8.45. The van der Waals surface area contributed by atoms with Gasteiger partial charge in [0.05, 0.1) is 21.4 Å². The van der Waals surface area contributed by atoms with Crippen molar-refractivity contribution in [2.45, 2.75) is 87.3 Å². The van der Waals surface area contributed by atoms with Gasteiger partial charge in [0.1, 0.15) is 0 Å². The zero-order valence-electron chi connectivity index (χ0n) is 29.5. The maximum absolute atomic E-state index is 14.6. The lowest BCUT2D eigenvalue weighted by Gasteiger charge is -2.45. The highest BCUT2D eigenvalue weighted by Crippen LogP contribution is 2.47. The molecule has 0 N–H and O–H groups in total. The van der Waals surface area contributed by atoms with Crippen LogP contribution in [0.4, 0.5) is 5.69 Å². The van der Waals surface area contributed by atoms with Crippen LogP contribution in [0, 0.1) is 23.0 Å². The Hall–Kier alpha value is -3.62. The van der Waals surface area contributed by atoms with Gasteiger partial charge in [-0.05, 0) is 70.9 Å². The summed E-state index contributed by atoms with van der Waals surface area (Å²) in [6.45, 7) is 15.5. The van der Waals surface area contributed by atoms with Gasteiger partial charge in [0, 0.05) is 36.7 Å². The Kier molecular flexibility index (Phi) is 9.53. The molecule has 0 bridgehead atoms. The summed E-state index contributed by atoms with van der Waals surface area (Å²) in [6, 6.07) is 16.9. The van der Waals surface area contributed by atoms with Crippen molar-refractivity contribution >= 4 is 50.5 Å². The number of aromatic nitrogens is 1. The zero-order valence-corrected chi connectivity index (χ0v) is 32.2. The minimum atomic E-state index is -4.40. The van der Waals surface area contributed by atoms with Gasteiger partial charge in [0.15, 0.2) is 13.2 Å². The number of hydrogen-bond donors (Lipinski definition) is 0. The molecule has 10 nitrogen and oxygen atoms in total. The minimum Gasteiger partial charge on any atom is -0.415 e. The number of hydrogen-bond acceptors (Lipinski definition) is 7. The van der Waals surface area contributed by atoms with E-state index >= 15 is 0 Å². The highest BCUT2D eigenvalue weighted by atomic mass is 32.2. The first kappa shape index (κ1) is 36.2. The number of benzene rings is 3. The van der Waals surface area contributed by atoms with Crippen LogP contribution in [0.25, 0.3) is 16.5 Å². The maximum Gasteiger partial charge on any atom is 0.289 e. The van der Waals surface area contributed by atoms with Crippen LogP contribution in [0.5, 0.6) is 0 Å². The Morgan fingerprint density at radius 2 is 1.52 bits per heavy atom. The van der Waals surface area contributed by atoms with Gasteiger partial charge in [-0.15, -0.1) is 0 Å². The smallest absolute Gasteiger partial charge is 0.289 e. The maximum atomic E-state index is 14.6. The molecule has 0 spiro atoms. The third-order valence-electron chi connectivity index (χ3n) is 10.6. The quantitative estimate of drug-likeness (QED) is 0.0870. The van der Waals surface area contributed by atoms with Gasteiger partial charge in [0.25, 0.3) is 25.7 Å². The van der Waals surface area contributed by atoms with Crippen LogP contribution in [0.1, 0.15) is 58.2 Å². The van der Waals surface area contributed by atoms with E-state index in [9.17, 15) is 26.9 Å². The van der Waals surface area contributed by atoms with Crippen molar-refractivity contribution < 1.29 is 26.2 Å².